The summed E-state index contributed by atoms with van der Waals surface area (Å²) in [4.78, 5) is 15.4. The molecule has 5 nitrogen and oxygen atoms in total. The first-order chi connectivity index (χ1) is 7.52. The molecule has 1 heterocycles. The maximum absolute atomic E-state index is 11.7. The van der Waals surface area contributed by atoms with Crippen LogP contribution in [-0.4, -0.2) is 21.5 Å². The Balaban J connectivity index is 2.90. The molecule has 2 N–H and O–H groups in total. The Bertz CT molecular complexity index is 439. The van der Waals surface area contributed by atoms with Gasteiger partial charge in [-0.1, -0.05) is 6.92 Å². The van der Waals surface area contributed by atoms with E-state index in [-0.39, 0.29) is 11.3 Å². The van der Waals surface area contributed by atoms with E-state index in [9.17, 15) is 9.90 Å². The number of nitrogens with one attached hydrogen (secondary N) is 1. The van der Waals surface area contributed by atoms with Gasteiger partial charge in [0.1, 0.15) is 11.3 Å². The fourth-order valence-electron chi connectivity index (χ4n) is 1.09. The Morgan fingerprint density at radius 1 is 1.75 bits per heavy atom. The van der Waals surface area contributed by atoms with Crippen molar-refractivity contribution < 1.29 is 9.90 Å². The summed E-state index contributed by atoms with van der Waals surface area (Å²) in [6.45, 7) is 3.43. The molecule has 84 valence electrons. The molecule has 0 bridgehead atoms. The molecule has 5 heteroatoms. The molecule has 1 aromatic rings. The van der Waals surface area contributed by atoms with Gasteiger partial charge in [0.2, 0.25) is 0 Å². The van der Waals surface area contributed by atoms with Crippen LogP contribution in [0.15, 0.2) is 18.5 Å². The third-order valence-corrected chi connectivity index (χ3v) is 2.39. The molecule has 0 aliphatic rings. The van der Waals surface area contributed by atoms with E-state index >= 15 is 0 Å². The highest BCUT2D eigenvalue weighted by atomic mass is 16.3. The quantitative estimate of drug-likeness (QED) is 0.800. The summed E-state index contributed by atoms with van der Waals surface area (Å²) in [5.74, 6) is -0.679. The monoisotopic (exact) mass is 219 g/mol. The van der Waals surface area contributed by atoms with E-state index in [1.165, 1.54) is 18.5 Å². The van der Waals surface area contributed by atoms with Crippen molar-refractivity contribution in [3.63, 3.8) is 0 Å². The molecule has 0 spiro atoms. The van der Waals surface area contributed by atoms with Gasteiger partial charge in [-0.3, -0.25) is 9.78 Å². The second-order valence-corrected chi connectivity index (χ2v) is 3.64. The predicted octanol–water partition coefficient (Wildman–Crippen LogP) is 1.21. The second kappa shape index (κ2) is 4.62. The first kappa shape index (κ1) is 12.0. The van der Waals surface area contributed by atoms with Crippen LogP contribution in [0.1, 0.15) is 30.6 Å². The molecule has 0 saturated heterocycles. The maximum Gasteiger partial charge on any atom is 0.256 e. The molecular formula is C11H13N3O2. The summed E-state index contributed by atoms with van der Waals surface area (Å²) in [6.07, 6.45) is 3.08. The van der Waals surface area contributed by atoms with E-state index in [0.717, 1.165) is 0 Å². The van der Waals surface area contributed by atoms with Crippen molar-refractivity contribution in [2.45, 2.75) is 25.8 Å². The summed E-state index contributed by atoms with van der Waals surface area (Å²) < 4.78 is 0. The third kappa shape index (κ3) is 2.48. The third-order valence-electron chi connectivity index (χ3n) is 2.39. The minimum absolute atomic E-state index is 0.116. The van der Waals surface area contributed by atoms with Gasteiger partial charge in [-0.05, 0) is 19.4 Å². The van der Waals surface area contributed by atoms with Crippen LogP contribution in [0.5, 0.6) is 5.75 Å². The second-order valence-electron chi connectivity index (χ2n) is 3.64. The lowest BCUT2D eigenvalue weighted by molar-refractivity contribution is 0.0920. The van der Waals surface area contributed by atoms with Gasteiger partial charge >= 0.3 is 0 Å². The van der Waals surface area contributed by atoms with Crippen molar-refractivity contribution in [3.8, 4) is 11.8 Å². The summed E-state index contributed by atoms with van der Waals surface area (Å²) in [5, 5.41) is 20.9. The van der Waals surface area contributed by atoms with Crippen LogP contribution in [-0.2, 0) is 0 Å². The van der Waals surface area contributed by atoms with Crippen LogP contribution in [0, 0.1) is 11.3 Å². The maximum atomic E-state index is 11.7. The SMILES string of the molecule is CCC(C)(C#N)NC(=O)c1ccncc1O. The zero-order valence-corrected chi connectivity index (χ0v) is 9.19. The lowest BCUT2D eigenvalue weighted by atomic mass is 10.0. The Hall–Kier alpha value is -2.09. The minimum atomic E-state index is -0.924. The van der Waals surface area contributed by atoms with Crippen molar-refractivity contribution in [2.75, 3.05) is 0 Å². The van der Waals surface area contributed by atoms with Gasteiger partial charge in [0.05, 0.1) is 17.8 Å². The summed E-state index contributed by atoms with van der Waals surface area (Å²) >= 11 is 0. The number of carbonyl (C=O) groups excluding carboxylic acids is 1. The molecule has 1 unspecified atom stereocenters. The van der Waals surface area contributed by atoms with Crippen molar-refractivity contribution in [1.82, 2.24) is 10.3 Å². The van der Waals surface area contributed by atoms with Crippen molar-refractivity contribution in [1.29, 1.82) is 5.26 Å². The van der Waals surface area contributed by atoms with Crippen LogP contribution in [0.25, 0.3) is 0 Å². The van der Waals surface area contributed by atoms with Crippen LogP contribution >= 0.6 is 0 Å². The number of nitriles is 1. The lowest BCUT2D eigenvalue weighted by Gasteiger charge is -2.21. The van der Waals surface area contributed by atoms with Crippen molar-refractivity contribution in [3.05, 3.63) is 24.0 Å². The van der Waals surface area contributed by atoms with Gasteiger partial charge in [0.15, 0.2) is 0 Å². The lowest BCUT2D eigenvalue weighted by Crippen LogP contribution is -2.44. The molecule has 1 atom stereocenters. The average molecular weight is 219 g/mol. The Labute approximate surface area is 93.7 Å². The fraction of sp³-hybridized carbons (Fsp3) is 0.364. The first-order valence-electron chi connectivity index (χ1n) is 4.89. The first-order valence-corrected chi connectivity index (χ1v) is 4.89. The van der Waals surface area contributed by atoms with Crippen LogP contribution in [0.3, 0.4) is 0 Å². The van der Waals surface area contributed by atoms with Crippen molar-refractivity contribution >= 4 is 5.91 Å². The van der Waals surface area contributed by atoms with Gasteiger partial charge in [0, 0.05) is 6.20 Å². The Morgan fingerprint density at radius 2 is 2.44 bits per heavy atom. The molecule has 1 rings (SSSR count). The molecule has 0 saturated carbocycles. The highest BCUT2D eigenvalue weighted by Gasteiger charge is 2.25. The largest absolute Gasteiger partial charge is 0.505 e. The molecule has 0 fully saturated rings. The summed E-state index contributed by atoms with van der Waals surface area (Å²) in [6, 6.07) is 3.42. The standard InChI is InChI=1S/C11H13N3O2/c1-3-11(2,7-12)14-10(16)8-4-5-13-6-9(8)15/h4-6,15H,3H2,1-2H3,(H,14,16). The van der Waals surface area contributed by atoms with E-state index < -0.39 is 11.4 Å². The molecule has 16 heavy (non-hydrogen) atoms. The Morgan fingerprint density at radius 3 is 2.94 bits per heavy atom. The van der Waals surface area contributed by atoms with Crippen molar-refractivity contribution in [2.24, 2.45) is 0 Å². The number of carbonyl (C=O) groups is 1. The molecule has 1 amide bonds. The van der Waals surface area contributed by atoms with E-state index in [4.69, 9.17) is 5.26 Å². The van der Waals surface area contributed by atoms with E-state index in [2.05, 4.69) is 10.3 Å². The highest BCUT2D eigenvalue weighted by molar-refractivity contribution is 5.97. The smallest absolute Gasteiger partial charge is 0.256 e. The number of aromatic nitrogens is 1. The van der Waals surface area contributed by atoms with Gasteiger partial charge in [-0.25, -0.2) is 0 Å². The molecular weight excluding hydrogens is 206 g/mol. The number of nitrogens with zero attached hydrogens (tertiary/aromatic N) is 2. The number of hydrogen-bond acceptors (Lipinski definition) is 4. The molecule has 0 radical (unpaired) electrons. The predicted molar refractivity (Wildman–Crippen MR) is 57.7 cm³/mol. The molecule has 0 aliphatic heterocycles. The highest BCUT2D eigenvalue weighted by Crippen LogP contribution is 2.16. The van der Waals surface area contributed by atoms with Crippen LogP contribution in [0.2, 0.25) is 0 Å². The minimum Gasteiger partial charge on any atom is -0.505 e. The number of amides is 1. The number of hydrogen-bond donors (Lipinski definition) is 2. The van der Waals surface area contributed by atoms with E-state index in [1.807, 2.05) is 6.07 Å². The topological polar surface area (TPSA) is 86.0 Å². The molecule has 1 aromatic heterocycles. The normalized spacial score (nSPS) is 13.6. The Kier molecular flexibility index (Phi) is 3.46. The molecule has 0 aromatic carbocycles. The zero-order valence-electron chi connectivity index (χ0n) is 9.19. The van der Waals surface area contributed by atoms with Crippen LogP contribution in [0.4, 0.5) is 0 Å². The number of aromatic hydroxyl groups is 1. The van der Waals surface area contributed by atoms with Gasteiger partial charge < -0.3 is 10.4 Å². The zero-order chi connectivity index (χ0) is 12.2. The molecule has 0 aliphatic carbocycles. The van der Waals surface area contributed by atoms with Gasteiger partial charge in [-0.15, -0.1) is 0 Å². The number of rotatable bonds is 3. The number of pyridine rings is 1. The fourth-order valence-corrected chi connectivity index (χ4v) is 1.09. The van der Waals surface area contributed by atoms with Gasteiger partial charge in [0.25, 0.3) is 5.91 Å². The van der Waals surface area contributed by atoms with E-state index in [0.29, 0.717) is 6.42 Å². The van der Waals surface area contributed by atoms with Crippen LogP contribution < -0.4 is 5.32 Å². The summed E-state index contributed by atoms with van der Waals surface area (Å²) in [7, 11) is 0. The summed E-state index contributed by atoms with van der Waals surface area (Å²) in [5.41, 5.74) is -0.808. The average Bonchev–Trinajstić information content (AvgIpc) is 2.29. The van der Waals surface area contributed by atoms with Gasteiger partial charge in [-0.2, -0.15) is 5.26 Å². The van der Waals surface area contributed by atoms with E-state index in [1.54, 1.807) is 13.8 Å².